The van der Waals surface area contributed by atoms with Crippen LogP contribution in [0, 0.1) is 5.82 Å². The molecule has 0 amide bonds. The normalized spacial score (nSPS) is 11.4. The molecule has 1 rings (SSSR count). The molecule has 13 heavy (non-hydrogen) atoms. The summed E-state index contributed by atoms with van der Waals surface area (Å²) in [6.07, 6.45) is 0.568. The Balaban J connectivity index is 3.32. The Morgan fingerprint density at radius 1 is 1.31 bits per heavy atom. The molecule has 0 fully saturated rings. The molecule has 3 heteroatoms. The van der Waals surface area contributed by atoms with Gasteiger partial charge in [0.1, 0.15) is 5.82 Å². The van der Waals surface area contributed by atoms with Crippen molar-refractivity contribution in [1.82, 2.24) is 0 Å². The monoisotopic (exact) mass is 196 g/mol. The number of rotatable bonds is 2. The molecule has 1 aromatic carbocycles. The van der Waals surface area contributed by atoms with Gasteiger partial charge in [-0.2, -0.15) is 0 Å². The van der Waals surface area contributed by atoms with E-state index in [1.807, 2.05) is 0 Å². The molecule has 0 unspecified atom stereocenters. The fraction of sp³-hybridized carbons (Fsp3) is 0.300. The first-order valence-corrected chi connectivity index (χ1v) is 7.71. The number of carbonyl (C=O) groups is 1. The van der Waals surface area contributed by atoms with Gasteiger partial charge in [-0.05, 0) is 11.3 Å². The Labute approximate surface area is 78.6 Å². The van der Waals surface area contributed by atoms with Crippen molar-refractivity contribution >= 4 is 19.5 Å². The van der Waals surface area contributed by atoms with Gasteiger partial charge in [0.2, 0.25) is 0 Å². The Kier molecular flexibility index (Phi) is 2.66. The summed E-state index contributed by atoms with van der Waals surface area (Å²) in [4.78, 5) is 10.5. The van der Waals surface area contributed by atoms with Crippen LogP contribution in [0.25, 0.3) is 0 Å². The minimum atomic E-state index is -1.66. The summed E-state index contributed by atoms with van der Waals surface area (Å²) >= 11 is 0. The molecule has 0 atom stereocenters. The maximum Gasteiger partial charge on any atom is 0.152 e. The van der Waals surface area contributed by atoms with Gasteiger partial charge in [0.25, 0.3) is 0 Å². The van der Waals surface area contributed by atoms with Crippen molar-refractivity contribution in [2.75, 3.05) is 0 Å². The molecule has 0 spiro atoms. The molecule has 0 bridgehead atoms. The molecule has 1 nitrogen and oxygen atoms in total. The van der Waals surface area contributed by atoms with E-state index in [9.17, 15) is 9.18 Å². The van der Waals surface area contributed by atoms with Gasteiger partial charge in [0.15, 0.2) is 6.29 Å². The summed E-state index contributed by atoms with van der Waals surface area (Å²) < 4.78 is 13.6. The van der Waals surface area contributed by atoms with E-state index in [1.54, 1.807) is 12.1 Å². The first-order valence-electron chi connectivity index (χ1n) is 4.21. The second-order valence-corrected chi connectivity index (χ2v) is 9.12. The number of hydrogen-bond donors (Lipinski definition) is 0. The molecule has 1 aromatic rings. The smallest absolute Gasteiger partial charge is 0.152 e. The molecule has 0 aliphatic rings. The average molecular weight is 196 g/mol. The third-order valence-electron chi connectivity index (χ3n) is 1.96. The summed E-state index contributed by atoms with van der Waals surface area (Å²) in [5, 5.41) is 0.720. The maximum atomic E-state index is 13.6. The van der Waals surface area contributed by atoms with Crippen molar-refractivity contribution < 1.29 is 9.18 Å². The number of benzene rings is 1. The Morgan fingerprint density at radius 3 is 2.38 bits per heavy atom. The van der Waals surface area contributed by atoms with E-state index < -0.39 is 8.07 Å². The molecule has 0 saturated carbocycles. The van der Waals surface area contributed by atoms with Gasteiger partial charge in [0.05, 0.1) is 8.07 Å². The number of hydrogen-bond acceptors (Lipinski definition) is 1. The highest BCUT2D eigenvalue weighted by molar-refractivity contribution is 6.88. The van der Waals surface area contributed by atoms with Crippen LogP contribution >= 0.6 is 0 Å². The highest BCUT2D eigenvalue weighted by Gasteiger charge is 2.21. The lowest BCUT2D eigenvalue weighted by molar-refractivity contribution is 0.112. The third-order valence-corrected chi connectivity index (χ3v) is 3.97. The van der Waals surface area contributed by atoms with Gasteiger partial charge >= 0.3 is 0 Å². The Bertz CT molecular complexity index is 328. The zero-order valence-corrected chi connectivity index (χ0v) is 9.10. The van der Waals surface area contributed by atoms with Crippen molar-refractivity contribution in [3.63, 3.8) is 0 Å². The van der Waals surface area contributed by atoms with Gasteiger partial charge in [0, 0.05) is 5.56 Å². The van der Waals surface area contributed by atoms with Crippen molar-refractivity contribution in [2.24, 2.45) is 0 Å². The standard InChI is InChI=1S/C10H13FOSi/c1-13(2,3)9-6-4-5-8(7-12)10(9)11/h4-7H,1-3H3. The second-order valence-electron chi connectivity index (χ2n) is 4.08. The van der Waals surface area contributed by atoms with E-state index in [2.05, 4.69) is 19.6 Å². The predicted octanol–water partition coefficient (Wildman–Crippen LogP) is 2.18. The Hall–Kier alpha value is -0.963. The summed E-state index contributed by atoms with van der Waals surface area (Å²) in [6, 6.07) is 5.01. The van der Waals surface area contributed by atoms with E-state index in [0.717, 1.165) is 5.19 Å². The van der Waals surface area contributed by atoms with Gasteiger partial charge in [-0.1, -0.05) is 31.8 Å². The second kappa shape index (κ2) is 3.42. The lowest BCUT2D eigenvalue weighted by Crippen LogP contribution is -2.40. The first-order chi connectivity index (χ1) is 5.96. The molecule has 0 aliphatic heterocycles. The quantitative estimate of drug-likeness (QED) is 0.523. The van der Waals surface area contributed by atoms with Crippen LogP contribution in [0.15, 0.2) is 18.2 Å². The highest BCUT2D eigenvalue weighted by atomic mass is 28.3. The molecular formula is C10H13FOSi. The van der Waals surface area contributed by atoms with Crippen molar-refractivity contribution in [2.45, 2.75) is 19.6 Å². The number of aldehydes is 1. The zero-order chi connectivity index (χ0) is 10.1. The SMILES string of the molecule is C[Si](C)(C)c1cccc(C=O)c1F. The van der Waals surface area contributed by atoms with Crippen LogP contribution in [0.5, 0.6) is 0 Å². The topological polar surface area (TPSA) is 17.1 Å². The van der Waals surface area contributed by atoms with Crippen LogP contribution in [0.1, 0.15) is 10.4 Å². The molecular weight excluding hydrogens is 183 g/mol. The molecule has 0 N–H and O–H groups in total. The van der Waals surface area contributed by atoms with Gasteiger partial charge < -0.3 is 0 Å². The van der Waals surface area contributed by atoms with Crippen LogP contribution < -0.4 is 5.19 Å². The molecule has 0 radical (unpaired) electrons. The molecule has 0 aromatic heterocycles. The summed E-state index contributed by atoms with van der Waals surface area (Å²) in [6.45, 7) is 6.17. The molecule has 0 aliphatic carbocycles. The Morgan fingerprint density at radius 2 is 1.92 bits per heavy atom. The average Bonchev–Trinajstić information content (AvgIpc) is 2.02. The highest BCUT2D eigenvalue weighted by Crippen LogP contribution is 2.08. The van der Waals surface area contributed by atoms with E-state index in [4.69, 9.17) is 0 Å². The molecule has 0 heterocycles. The van der Waals surface area contributed by atoms with Gasteiger partial charge in [-0.3, -0.25) is 4.79 Å². The van der Waals surface area contributed by atoms with Crippen molar-refractivity contribution in [3.8, 4) is 0 Å². The first kappa shape index (κ1) is 10.1. The fourth-order valence-electron chi connectivity index (χ4n) is 1.22. The predicted molar refractivity (Wildman–Crippen MR) is 54.8 cm³/mol. The van der Waals surface area contributed by atoms with E-state index >= 15 is 0 Å². The van der Waals surface area contributed by atoms with Gasteiger partial charge in [-0.25, -0.2) is 4.39 Å². The molecule has 0 saturated heterocycles. The fourth-order valence-corrected chi connectivity index (χ4v) is 2.62. The van der Waals surface area contributed by atoms with E-state index in [0.29, 0.717) is 6.29 Å². The van der Waals surface area contributed by atoms with Crippen LogP contribution in [0.3, 0.4) is 0 Å². The minimum absolute atomic E-state index is 0.167. The largest absolute Gasteiger partial charge is 0.298 e. The van der Waals surface area contributed by atoms with Crippen molar-refractivity contribution in [1.29, 1.82) is 0 Å². The van der Waals surface area contributed by atoms with Crippen LogP contribution in [0.4, 0.5) is 4.39 Å². The summed E-state index contributed by atoms with van der Waals surface area (Å²) in [7, 11) is -1.66. The maximum absolute atomic E-state index is 13.6. The van der Waals surface area contributed by atoms with Crippen LogP contribution in [-0.4, -0.2) is 14.4 Å². The summed E-state index contributed by atoms with van der Waals surface area (Å²) in [5.74, 6) is -0.336. The minimum Gasteiger partial charge on any atom is -0.298 e. The van der Waals surface area contributed by atoms with E-state index in [1.165, 1.54) is 6.07 Å². The lowest BCUT2D eigenvalue weighted by Gasteiger charge is -2.17. The summed E-state index contributed by atoms with van der Waals surface area (Å²) in [5.41, 5.74) is 0.167. The van der Waals surface area contributed by atoms with E-state index in [-0.39, 0.29) is 11.4 Å². The zero-order valence-electron chi connectivity index (χ0n) is 8.10. The van der Waals surface area contributed by atoms with Crippen LogP contribution in [0.2, 0.25) is 19.6 Å². The van der Waals surface area contributed by atoms with Crippen LogP contribution in [-0.2, 0) is 0 Å². The van der Waals surface area contributed by atoms with Crippen molar-refractivity contribution in [3.05, 3.63) is 29.6 Å². The third kappa shape index (κ3) is 2.04. The number of halogens is 1. The van der Waals surface area contributed by atoms with Gasteiger partial charge in [-0.15, -0.1) is 0 Å². The molecule has 70 valence electrons. The lowest BCUT2D eigenvalue weighted by atomic mass is 10.2. The number of carbonyl (C=O) groups excluding carboxylic acids is 1.